The molecule has 4 nitrogen and oxygen atoms in total. The Morgan fingerprint density at radius 1 is 1.55 bits per heavy atom. The van der Waals surface area contributed by atoms with Crippen molar-refractivity contribution in [2.24, 2.45) is 0 Å². The predicted octanol–water partition coefficient (Wildman–Crippen LogP) is -0.681. The molecule has 0 saturated carbocycles. The molecule has 0 aromatic carbocycles. The Hall–Kier alpha value is 0.160. The fourth-order valence-electron chi connectivity index (χ4n) is 0.709. The van der Waals surface area contributed by atoms with E-state index in [0.29, 0.717) is 0 Å². The van der Waals surface area contributed by atoms with Gasteiger partial charge in [-0.3, -0.25) is 0 Å². The molecule has 0 amide bonds. The normalized spacial score (nSPS) is 18.6. The van der Waals surface area contributed by atoms with Crippen LogP contribution in [0.5, 0.6) is 0 Å². The summed E-state index contributed by atoms with van der Waals surface area (Å²) in [7, 11) is -2.97. The Bertz CT molecular complexity index is 201. The maximum Gasteiger partial charge on any atom is 0.211 e. The molecular weight excluding hydrogens is 188 g/mol. The van der Waals surface area contributed by atoms with Gasteiger partial charge < -0.3 is 5.32 Å². The van der Waals surface area contributed by atoms with E-state index in [0.717, 1.165) is 13.1 Å². The summed E-state index contributed by atoms with van der Waals surface area (Å²) < 4.78 is 24.3. The molecule has 68 valence electrons. The van der Waals surface area contributed by atoms with Crippen molar-refractivity contribution in [1.29, 1.82) is 0 Å². The van der Waals surface area contributed by atoms with Gasteiger partial charge in [0.25, 0.3) is 0 Å². The van der Waals surface area contributed by atoms with Crippen molar-refractivity contribution >= 4 is 22.4 Å². The fourth-order valence-corrected chi connectivity index (χ4v) is 1.55. The largest absolute Gasteiger partial charge is 0.313 e. The Kier molecular flexibility index (Phi) is 4.31. The summed E-state index contributed by atoms with van der Waals surface area (Å²) in [6.07, 6.45) is 0. The lowest BCUT2D eigenvalue weighted by atomic mass is 10.2. The van der Waals surface area contributed by atoms with Gasteiger partial charge in [-0.05, 0) is 6.92 Å². The van der Waals surface area contributed by atoms with Gasteiger partial charge in [0.05, 0.1) is 5.75 Å². The van der Waals surface area contributed by atoms with Gasteiger partial charge in [-0.2, -0.15) is 0 Å². The highest BCUT2D eigenvalue weighted by Crippen LogP contribution is 1.93. The number of rotatable bonds is 3. The van der Waals surface area contributed by atoms with Crippen molar-refractivity contribution in [2.45, 2.75) is 13.0 Å². The monoisotopic (exact) mass is 200 g/mol. The van der Waals surface area contributed by atoms with Gasteiger partial charge >= 0.3 is 0 Å². The Morgan fingerprint density at radius 3 is 2.36 bits per heavy atom. The van der Waals surface area contributed by atoms with Crippen LogP contribution < -0.4 is 10.0 Å². The summed E-state index contributed by atoms with van der Waals surface area (Å²) >= 11 is 0. The molecule has 0 aromatic rings. The van der Waals surface area contributed by atoms with Crippen molar-refractivity contribution in [3.05, 3.63) is 0 Å². The third-order valence-corrected chi connectivity index (χ3v) is 2.96. The molecular formula is C5H13ClN2O2S. The topological polar surface area (TPSA) is 58.2 Å². The van der Waals surface area contributed by atoms with Crippen LogP contribution in [0.15, 0.2) is 0 Å². The standard InChI is InChI=1S/C5H12N2O2S.ClH/c1-2-10(8,9)7-5-3-6-4-5;/h5-7H,2-4H2,1H3;1H. The van der Waals surface area contributed by atoms with Gasteiger partial charge in [0.15, 0.2) is 0 Å². The van der Waals surface area contributed by atoms with Gasteiger partial charge in [0.2, 0.25) is 10.0 Å². The number of nitrogens with one attached hydrogen (secondary N) is 2. The smallest absolute Gasteiger partial charge is 0.211 e. The average Bonchev–Trinajstić information content (AvgIpc) is 1.80. The van der Waals surface area contributed by atoms with Crippen molar-refractivity contribution in [3.8, 4) is 0 Å². The molecule has 0 aromatic heterocycles. The molecule has 11 heavy (non-hydrogen) atoms. The van der Waals surface area contributed by atoms with E-state index in [1.165, 1.54) is 0 Å². The Balaban J connectivity index is 0.000001000. The van der Waals surface area contributed by atoms with E-state index in [-0.39, 0.29) is 24.2 Å². The number of hydrogen-bond acceptors (Lipinski definition) is 3. The first-order valence-corrected chi connectivity index (χ1v) is 5.00. The van der Waals surface area contributed by atoms with Crippen molar-refractivity contribution in [3.63, 3.8) is 0 Å². The summed E-state index contributed by atoms with van der Waals surface area (Å²) in [5.41, 5.74) is 0. The van der Waals surface area contributed by atoms with Crippen molar-refractivity contribution in [1.82, 2.24) is 10.0 Å². The summed E-state index contributed by atoms with van der Waals surface area (Å²) in [4.78, 5) is 0. The molecule has 0 radical (unpaired) electrons. The molecule has 0 unspecified atom stereocenters. The molecule has 2 N–H and O–H groups in total. The van der Waals surface area contributed by atoms with Crippen molar-refractivity contribution in [2.75, 3.05) is 18.8 Å². The number of halogens is 1. The van der Waals surface area contributed by atoms with Crippen LogP contribution in [0, 0.1) is 0 Å². The Labute approximate surface area is 73.2 Å². The lowest BCUT2D eigenvalue weighted by molar-refractivity contribution is 0.410. The fraction of sp³-hybridized carbons (Fsp3) is 1.00. The van der Waals surface area contributed by atoms with E-state index in [2.05, 4.69) is 10.0 Å². The molecule has 0 bridgehead atoms. The Morgan fingerprint density at radius 2 is 2.09 bits per heavy atom. The van der Waals surface area contributed by atoms with Gasteiger partial charge in [-0.1, -0.05) is 0 Å². The van der Waals surface area contributed by atoms with Crippen LogP contribution in [0.25, 0.3) is 0 Å². The summed E-state index contributed by atoms with van der Waals surface area (Å²) in [5.74, 6) is 0.170. The van der Waals surface area contributed by atoms with Crippen LogP contribution in [0.1, 0.15) is 6.92 Å². The van der Waals surface area contributed by atoms with E-state index >= 15 is 0 Å². The van der Waals surface area contributed by atoms with Crippen LogP contribution in [0.4, 0.5) is 0 Å². The first-order chi connectivity index (χ1) is 4.64. The number of hydrogen-bond donors (Lipinski definition) is 2. The number of sulfonamides is 1. The maximum absolute atomic E-state index is 10.9. The minimum atomic E-state index is -2.97. The molecule has 0 aliphatic carbocycles. The zero-order valence-corrected chi connectivity index (χ0v) is 7.96. The van der Waals surface area contributed by atoms with Crippen LogP contribution in [-0.2, 0) is 10.0 Å². The summed E-state index contributed by atoms with van der Waals surface area (Å²) in [6, 6.07) is 0.130. The molecule has 1 heterocycles. The highest BCUT2D eigenvalue weighted by molar-refractivity contribution is 7.89. The predicted molar refractivity (Wildman–Crippen MR) is 46.5 cm³/mol. The van der Waals surface area contributed by atoms with Gasteiger partial charge in [0, 0.05) is 19.1 Å². The highest BCUT2D eigenvalue weighted by Gasteiger charge is 2.21. The molecule has 1 aliphatic heterocycles. The second-order valence-electron chi connectivity index (χ2n) is 2.38. The molecule has 6 heteroatoms. The molecule has 1 fully saturated rings. The second-order valence-corrected chi connectivity index (χ2v) is 4.42. The van der Waals surface area contributed by atoms with Crippen LogP contribution in [0.3, 0.4) is 0 Å². The maximum atomic E-state index is 10.9. The van der Waals surface area contributed by atoms with Gasteiger partial charge in [-0.15, -0.1) is 12.4 Å². The van der Waals surface area contributed by atoms with Crippen LogP contribution in [-0.4, -0.2) is 33.3 Å². The average molecular weight is 201 g/mol. The van der Waals surface area contributed by atoms with E-state index in [4.69, 9.17) is 0 Å². The highest BCUT2D eigenvalue weighted by atomic mass is 35.5. The van der Waals surface area contributed by atoms with Gasteiger partial charge in [0.1, 0.15) is 0 Å². The molecule has 1 saturated heterocycles. The SMILES string of the molecule is CCS(=O)(=O)NC1CNC1.Cl. The second kappa shape index (κ2) is 4.25. The lowest BCUT2D eigenvalue weighted by Gasteiger charge is -2.27. The molecule has 0 spiro atoms. The van der Waals surface area contributed by atoms with Crippen molar-refractivity contribution < 1.29 is 8.42 Å². The van der Waals surface area contributed by atoms with E-state index in [9.17, 15) is 8.42 Å². The van der Waals surface area contributed by atoms with E-state index < -0.39 is 10.0 Å². The summed E-state index contributed by atoms with van der Waals surface area (Å²) in [6.45, 7) is 3.16. The molecule has 0 atom stereocenters. The zero-order valence-electron chi connectivity index (χ0n) is 6.33. The lowest BCUT2D eigenvalue weighted by Crippen LogP contribution is -2.57. The minimum Gasteiger partial charge on any atom is -0.313 e. The molecule has 1 rings (SSSR count). The zero-order chi connectivity index (χ0) is 7.61. The quantitative estimate of drug-likeness (QED) is 0.635. The third kappa shape index (κ3) is 3.37. The first kappa shape index (κ1) is 11.2. The first-order valence-electron chi connectivity index (χ1n) is 3.35. The molecule has 1 aliphatic rings. The van der Waals surface area contributed by atoms with Crippen LogP contribution in [0.2, 0.25) is 0 Å². The third-order valence-electron chi connectivity index (χ3n) is 1.51. The summed E-state index contributed by atoms with van der Waals surface area (Å²) in [5, 5.41) is 2.98. The van der Waals surface area contributed by atoms with Gasteiger partial charge in [-0.25, -0.2) is 13.1 Å². The minimum absolute atomic E-state index is 0. The van der Waals surface area contributed by atoms with E-state index in [1.807, 2.05) is 0 Å². The van der Waals surface area contributed by atoms with E-state index in [1.54, 1.807) is 6.92 Å². The van der Waals surface area contributed by atoms with Crippen LogP contribution >= 0.6 is 12.4 Å².